The minimum absolute atomic E-state index is 0.184. The van der Waals surface area contributed by atoms with Crippen molar-refractivity contribution in [2.75, 3.05) is 13.1 Å². The Morgan fingerprint density at radius 2 is 1.96 bits per heavy atom. The summed E-state index contributed by atoms with van der Waals surface area (Å²) in [7, 11) is -3.56. The highest BCUT2D eigenvalue weighted by atomic mass is 79.9. The molecule has 0 unspecified atom stereocenters. The number of alkyl halides is 1. The number of amides is 1. The number of benzene rings is 1. The first-order chi connectivity index (χ1) is 11.6. The molecular weight excluding hydrogens is 408 g/mol. The highest BCUT2D eigenvalue weighted by Crippen LogP contribution is 2.19. The maximum Gasteiger partial charge on any atom is 0.410 e. The van der Waals surface area contributed by atoms with E-state index >= 15 is 0 Å². The molecule has 140 valence electrons. The molecule has 0 atom stereocenters. The van der Waals surface area contributed by atoms with E-state index in [9.17, 15) is 13.2 Å². The number of sulfonamides is 1. The van der Waals surface area contributed by atoms with E-state index in [2.05, 4.69) is 20.7 Å². The van der Waals surface area contributed by atoms with Gasteiger partial charge in [-0.15, -0.1) is 0 Å². The molecule has 1 aromatic carbocycles. The molecule has 1 aromatic rings. The molecule has 1 heterocycles. The van der Waals surface area contributed by atoms with Crippen LogP contribution in [0.4, 0.5) is 4.79 Å². The molecule has 1 aliphatic rings. The van der Waals surface area contributed by atoms with Crippen LogP contribution in [0.1, 0.15) is 39.2 Å². The van der Waals surface area contributed by atoms with E-state index in [1.807, 2.05) is 26.8 Å². The zero-order valence-electron chi connectivity index (χ0n) is 14.8. The van der Waals surface area contributed by atoms with E-state index in [4.69, 9.17) is 4.74 Å². The third-order valence-corrected chi connectivity index (χ3v) is 6.00. The zero-order chi connectivity index (χ0) is 18.7. The molecule has 1 fully saturated rings. The van der Waals surface area contributed by atoms with Crippen LogP contribution >= 0.6 is 15.9 Å². The molecule has 1 N–H and O–H groups in total. The first-order valence-electron chi connectivity index (χ1n) is 8.26. The van der Waals surface area contributed by atoms with Crippen LogP contribution in [0.2, 0.25) is 0 Å². The van der Waals surface area contributed by atoms with Gasteiger partial charge in [0.2, 0.25) is 10.0 Å². The quantitative estimate of drug-likeness (QED) is 0.740. The molecule has 0 saturated carbocycles. The smallest absolute Gasteiger partial charge is 0.410 e. The minimum atomic E-state index is -3.56. The normalized spacial score (nSPS) is 16.7. The number of nitrogens with one attached hydrogen (secondary N) is 1. The van der Waals surface area contributed by atoms with Crippen molar-refractivity contribution in [3.8, 4) is 0 Å². The lowest BCUT2D eigenvalue weighted by Gasteiger charge is -2.33. The first kappa shape index (κ1) is 20.2. The van der Waals surface area contributed by atoms with Gasteiger partial charge in [0.1, 0.15) is 5.60 Å². The molecule has 2 rings (SSSR count). The maximum absolute atomic E-state index is 12.5. The summed E-state index contributed by atoms with van der Waals surface area (Å²) < 4.78 is 33.2. The van der Waals surface area contributed by atoms with Gasteiger partial charge in [-0.2, -0.15) is 0 Å². The van der Waals surface area contributed by atoms with Gasteiger partial charge in [0.05, 0.1) is 4.90 Å². The Morgan fingerprint density at radius 3 is 2.52 bits per heavy atom. The first-order valence-corrected chi connectivity index (χ1v) is 10.9. The summed E-state index contributed by atoms with van der Waals surface area (Å²) in [5.41, 5.74) is 0.373. The predicted molar refractivity (Wildman–Crippen MR) is 100 cm³/mol. The van der Waals surface area contributed by atoms with Crippen LogP contribution < -0.4 is 4.72 Å². The fraction of sp³-hybridized carbons (Fsp3) is 0.588. The lowest BCUT2D eigenvalue weighted by molar-refractivity contribution is 0.0203. The van der Waals surface area contributed by atoms with Gasteiger partial charge >= 0.3 is 6.09 Å². The van der Waals surface area contributed by atoms with Crippen molar-refractivity contribution < 1.29 is 17.9 Å². The van der Waals surface area contributed by atoms with Crippen molar-refractivity contribution in [3.05, 3.63) is 29.8 Å². The second-order valence-corrected chi connectivity index (χ2v) is 9.42. The molecule has 1 aliphatic heterocycles. The van der Waals surface area contributed by atoms with Crippen molar-refractivity contribution in [2.45, 2.75) is 55.5 Å². The molecule has 0 radical (unpaired) electrons. The molecule has 6 nitrogen and oxygen atoms in total. The summed E-state index contributed by atoms with van der Waals surface area (Å²) in [4.78, 5) is 13.9. The van der Waals surface area contributed by atoms with Gasteiger partial charge < -0.3 is 9.64 Å². The van der Waals surface area contributed by atoms with E-state index < -0.39 is 15.6 Å². The van der Waals surface area contributed by atoms with Gasteiger partial charge in [-0.3, -0.25) is 0 Å². The summed E-state index contributed by atoms with van der Waals surface area (Å²) >= 11 is 3.33. The van der Waals surface area contributed by atoms with Crippen LogP contribution in [0, 0.1) is 0 Å². The van der Waals surface area contributed by atoms with Crippen LogP contribution in [0.3, 0.4) is 0 Å². The van der Waals surface area contributed by atoms with Crippen molar-refractivity contribution in [1.29, 1.82) is 0 Å². The molecule has 0 spiro atoms. The molecule has 1 amide bonds. The maximum atomic E-state index is 12.5. The van der Waals surface area contributed by atoms with Gasteiger partial charge in [0, 0.05) is 24.5 Å². The largest absolute Gasteiger partial charge is 0.444 e. The second kappa shape index (κ2) is 8.05. The van der Waals surface area contributed by atoms with E-state index in [0.29, 0.717) is 31.3 Å². The van der Waals surface area contributed by atoms with Crippen molar-refractivity contribution in [1.82, 2.24) is 9.62 Å². The van der Waals surface area contributed by atoms with Crippen molar-refractivity contribution in [3.63, 3.8) is 0 Å². The third kappa shape index (κ3) is 5.97. The van der Waals surface area contributed by atoms with Crippen LogP contribution in [0.5, 0.6) is 0 Å². The Labute approximate surface area is 158 Å². The Hall–Kier alpha value is -1.12. The van der Waals surface area contributed by atoms with E-state index in [0.717, 1.165) is 5.56 Å². The molecule has 25 heavy (non-hydrogen) atoms. The number of hydrogen-bond acceptors (Lipinski definition) is 4. The molecule has 0 bridgehead atoms. The van der Waals surface area contributed by atoms with Gasteiger partial charge in [-0.05, 0) is 51.3 Å². The van der Waals surface area contributed by atoms with Gasteiger partial charge in [-0.25, -0.2) is 17.9 Å². The summed E-state index contributed by atoms with van der Waals surface area (Å²) in [6, 6.07) is 6.66. The van der Waals surface area contributed by atoms with Crippen LogP contribution in [-0.4, -0.2) is 44.1 Å². The molecule has 1 saturated heterocycles. The predicted octanol–water partition coefficient (Wildman–Crippen LogP) is 3.26. The SMILES string of the molecule is CC(C)(C)OC(=O)N1CCC(NS(=O)(=O)c2cccc(CBr)c2)CC1. The second-order valence-electron chi connectivity index (χ2n) is 7.14. The van der Waals surface area contributed by atoms with Gasteiger partial charge in [0.25, 0.3) is 0 Å². The number of hydrogen-bond donors (Lipinski definition) is 1. The number of carbonyl (C=O) groups is 1. The van der Waals surface area contributed by atoms with Crippen molar-refractivity contribution in [2.24, 2.45) is 0 Å². The van der Waals surface area contributed by atoms with Crippen LogP contribution in [0.25, 0.3) is 0 Å². The zero-order valence-corrected chi connectivity index (χ0v) is 17.2. The van der Waals surface area contributed by atoms with Gasteiger partial charge in [0.15, 0.2) is 0 Å². The molecule has 0 aliphatic carbocycles. The monoisotopic (exact) mass is 432 g/mol. The van der Waals surface area contributed by atoms with Crippen molar-refractivity contribution >= 4 is 32.0 Å². The number of piperidine rings is 1. The average molecular weight is 433 g/mol. The Balaban J connectivity index is 1.94. The Kier molecular flexibility index (Phi) is 6.51. The summed E-state index contributed by atoms with van der Waals surface area (Å²) in [5.74, 6) is 0. The van der Waals surface area contributed by atoms with E-state index in [1.54, 1.807) is 23.1 Å². The summed E-state index contributed by atoms with van der Waals surface area (Å²) in [6.45, 7) is 6.43. The Morgan fingerprint density at radius 1 is 1.32 bits per heavy atom. The van der Waals surface area contributed by atoms with Gasteiger partial charge in [-0.1, -0.05) is 28.1 Å². The molecule has 8 heteroatoms. The number of rotatable bonds is 4. The number of halogens is 1. The van der Waals surface area contributed by atoms with E-state index in [1.165, 1.54) is 0 Å². The Bertz CT molecular complexity index is 708. The summed E-state index contributed by atoms with van der Waals surface area (Å²) in [6.07, 6.45) is 0.784. The third-order valence-electron chi connectivity index (χ3n) is 3.83. The van der Waals surface area contributed by atoms with E-state index in [-0.39, 0.29) is 17.0 Å². The average Bonchev–Trinajstić information content (AvgIpc) is 2.53. The van der Waals surface area contributed by atoms with Crippen LogP contribution in [-0.2, 0) is 20.1 Å². The number of likely N-dealkylation sites (tertiary alicyclic amines) is 1. The molecule has 0 aromatic heterocycles. The molecular formula is C17H25BrN2O4S. The lowest BCUT2D eigenvalue weighted by atomic mass is 10.1. The minimum Gasteiger partial charge on any atom is -0.444 e. The fourth-order valence-corrected chi connectivity index (χ4v) is 4.31. The number of nitrogens with zero attached hydrogens (tertiary/aromatic N) is 1. The number of carbonyl (C=O) groups excluding carboxylic acids is 1. The standard InChI is InChI=1S/C17H25BrN2O4S/c1-17(2,3)24-16(21)20-9-7-14(8-10-20)19-25(22,23)15-6-4-5-13(11-15)12-18/h4-6,11,14,19H,7-10,12H2,1-3H3. The topological polar surface area (TPSA) is 75.7 Å². The van der Waals surface area contributed by atoms with Crippen LogP contribution in [0.15, 0.2) is 29.2 Å². The highest BCUT2D eigenvalue weighted by molar-refractivity contribution is 9.08. The number of ether oxygens (including phenoxy) is 1. The summed E-state index contributed by atoms with van der Waals surface area (Å²) in [5, 5.41) is 0.602. The lowest BCUT2D eigenvalue weighted by Crippen LogP contribution is -2.47. The fourth-order valence-electron chi connectivity index (χ4n) is 2.59. The highest BCUT2D eigenvalue weighted by Gasteiger charge is 2.29.